The normalized spacial score (nSPS) is 20.6. The van der Waals surface area contributed by atoms with Crippen molar-refractivity contribution in [3.8, 4) is 11.1 Å². The molecule has 13 rings (SSSR count). The number of hydrogen-bond donors (Lipinski definition) is 4. The Bertz CT molecular complexity index is 3390. The van der Waals surface area contributed by atoms with Crippen LogP contribution in [0.25, 0.3) is 33.1 Å². The second-order valence-electron chi connectivity index (χ2n) is 24.1. The Balaban J connectivity index is 0.918. The third-order valence-corrected chi connectivity index (χ3v) is 17.3. The smallest absolute Gasteiger partial charge is 0.137 e. The van der Waals surface area contributed by atoms with E-state index in [-0.39, 0.29) is 27.1 Å². The summed E-state index contributed by atoms with van der Waals surface area (Å²) in [6, 6.07) is 38.0. The summed E-state index contributed by atoms with van der Waals surface area (Å²) in [6.07, 6.45) is 11.0. The van der Waals surface area contributed by atoms with Gasteiger partial charge in [-0.05, 0) is 184 Å². The molecule has 8 aromatic rings. The molecule has 0 saturated heterocycles. The van der Waals surface area contributed by atoms with Gasteiger partial charge in [-0.25, -0.2) is 5.43 Å². The minimum Gasteiger partial charge on any atom is -0.462 e. The van der Waals surface area contributed by atoms with Crippen LogP contribution in [0.4, 0.5) is 45.5 Å². The summed E-state index contributed by atoms with van der Waals surface area (Å²) in [5.74, 6) is 5.99. The highest BCUT2D eigenvalue weighted by Crippen LogP contribution is 2.64. The molecule has 2 aromatic heterocycles. The molecule has 8 nitrogen and oxygen atoms in total. The van der Waals surface area contributed by atoms with Crippen molar-refractivity contribution in [1.82, 2.24) is 5.43 Å². The summed E-state index contributed by atoms with van der Waals surface area (Å²) in [7, 11) is 0. The maximum atomic E-state index is 6.58. The molecule has 3 heterocycles. The second kappa shape index (κ2) is 15.5. The standard InChI is InChI=1S/C62H68N6O2/c1-37-27-38(28-46-54-55-51(68(57(37)46)44-16-11-13-40(29-44)65-63)36-70-53(55)33-49-56(54)62(10)25-23-61(49,9)24-26-62)34-64-66-41-14-12-15-43(30-41)67(42-19-17-39(18-20-42)58(2,3)4)50-35-69-52-32-48-47(31-45(50)52)59(5,6)21-22-60(48,7)8/h11-20,27-33,35-36,64-66H,21-26,34,63H2,1-10H3. The molecule has 1 aliphatic heterocycles. The van der Waals surface area contributed by atoms with Crippen molar-refractivity contribution in [2.75, 3.05) is 20.7 Å². The number of nitrogens with zero attached hydrogens (tertiary/aromatic N) is 2. The van der Waals surface area contributed by atoms with Gasteiger partial charge in [0.2, 0.25) is 0 Å². The molecule has 0 unspecified atom stereocenters. The highest BCUT2D eigenvalue weighted by Gasteiger charge is 2.51. The molecule has 0 radical (unpaired) electrons. The molecule has 2 bridgehead atoms. The van der Waals surface area contributed by atoms with Crippen LogP contribution < -0.4 is 31.9 Å². The number of hydrazine groups is 2. The minimum absolute atomic E-state index is 0.0356. The largest absolute Gasteiger partial charge is 0.462 e. The summed E-state index contributed by atoms with van der Waals surface area (Å²) >= 11 is 0. The first kappa shape index (κ1) is 44.7. The van der Waals surface area contributed by atoms with Crippen LogP contribution in [-0.4, -0.2) is 0 Å². The fourth-order valence-corrected chi connectivity index (χ4v) is 12.9. The maximum absolute atomic E-state index is 6.58. The fraction of sp³-hybridized carbons (Fsp3) is 0.355. The van der Waals surface area contributed by atoms with Gasteiger partial charge in [0, 0.05) is 40.1 Å². The van der Waals surface area contributed by atoms with Gasteiger partial charge in [-0.3, -0.25) is 5.84 Å². The number of fused-ring (bicyclic) bond motifs is 6. The van der Waals surface area contributed by atoms with E-state index < -0.39 is 0 Å². The molecule has 0 atom stereocenters. The zero-order valence-corrected chi connectivity index (χ0v) is 42.7. The fourth-order valence-electron chi connectivity index (χ4n) is 12.9. The molecule has 1 fully saturated rings. The quantitative estimate of drug-likeness (QED) is 0.0840. The van der Waals surface area contributed by atoms with E-state index in [4.69, 9.17) is 14.7 Å². The minimum atomic E-state index is 0.0356. The van der Waals surface area contributed by atoms with Crippen molar-refractivity contribution in [3.05, 3.63) is 155 Å². The number of nitrogen functional groups attached to an aromatic ring is 1. The van der Waals surface area contributed by atoms with E-state index in [1.807, 2.05) is 18.6 Å². The van der Waals surface area contributed by atoms with Crippen LogP contribution in [0, 0.1) is 6.92 Å². The van der Waals surface area contributed by atoms with Gasteiger partial charge in [0.15, 0.2) is 0 Å². The van der Waals surface area contributed by atoms with Crippen LogP contribution in [-0.2, 0) is 33.6 Å². The molecule has 70 heavy (non-hydrogen) atoms. The van der Waals surface area contributed by atoms with Crippen LogP contribution in [0.15, 0.2) is 124 Å². The van der Waals surface area contributed by atoms with E-state index >= 15 is 0 Å². The zero-order valence-electron chi connectivity index (χ0n) is 42.7. The van der Waals surface area contributed by atoms with E-state index in [2.05, 4.69) is 192 Å². The summed E-state index contributed by atoms with van der Waals surface area (Å²) in [5.41, 5.74) is 32.9. The number of hydrogen-bond acceptors (Lipinski definition) is 8. The molecule has 6 aromatic carbocycles. The number of anilines is 8. The third-order valence-electron chi connectivity index (χ3n) is 17.3. The average molecular weight is 929 g/mol. The zero-order chi connectivity index (χ0) is 48.7. The van der Waals surface area contributed by atoms with Gasteiger partial charge in [0.1, 0.15) is 23.7 Å². The van der Waals surface area contributed by atoms with E-state index in [1.54, 1.807) is 0 Å². The van der Waals surface area contributed by atoms with E-state index in [9.17, 15) is 0 Å². The Hall–Kier alpha value is -6.48. The lowest BCUT2D eigenvalue weighted by atomic mass is 9.51. The van der Waals surface area contributed by atoms with Gasteiger partial charge in [-0.1, -0.05) is 92.6 Å². The Labute approximate surface area is 413 Å². The number of nitrogens with one attached hydrogen (secondary N) is 3. The third kappa shape index (κ3) is 6.91. The second-order valence-corrected chi connectivity index (χ2v) is 24.1. The Kier molecular flexibility index (Phi) is 9.91. The average Bonchev–Trinajstić information content (AvgIpc) is 3.96. The van der Waals surface area contributed by atoms with E-state index in [1.165, 1.54) is 86.8 Å². The summed E-state index contributed by atoms with van der Waals surface area (Å²) in [5, 5.41) is 2.33. The number of rotatable bonds is 9. The first-order valence-corrected chi connectivity index (χ1v) is 25.5. The molecule has 0 amide bonds. The van der Waals surface area contributed by atoms with Crippen LogP contribution in [0.1, 0.15) is 140 Å². The van der Waals surface area contributed by atoms with Crippen molar-refractivity contribution < 1.29 is 8.83 Å². The lowest BCUT2D eigenvalue weighted by Crippen LogP contribution is -2.44. The van der Waals surface area contributed by atoms with Crippen LogP contribution in [0.5, 0.6) is 0 Å². The van der Waals surface area contributed by atoms with E-state index in [0.717, 1.165) is 69.2 Å². The monoisotopic (exact) mass is 929 g/mol. The SMILES string of the molecule is Cc1cc(CNNc2cccc(N(c3ccc(C(C)(C)C)cc3)c3coc4cc5c(cc34)C(C)(C)CCC5(C)C)c2)cc2c1N(c1cccc(NN)c1)c1coc3cc4c(c-2c13)C1(C)CCC4(C)CC1. The number of benzene rings is 6. The van der Waals surface area contributed by atoms with Crippen LogP contribution >= 0.6 is 0 Å². The van der Waals surface area contributed by atoms with Crippen molar-refractivity contribution >= 4 is 67.4 Å². The highest BCUT2D eigenvalue weighted by molar-refractivity contribution is 6.15. The highest BCUT2D eigenvalue weighted by atomic mass is 16.3. The van der Waals surface area contributed by atoms with Gasteiger partial charge in [-0.2, -0.15) is 0 Å². The molecule has 4 aliphatic carbocycles. The predicted octanol–water partition coefficient (Wildman–Crippen LogP) is 16.6. The lowest BCUT2D eigenvalue weighted by molar-refractivity contribution is 0.188. The first-order chi connectivity index (χ1) is 33.4. The van der Waals surface area contributed by atoms with Crippen LogP contribution in [0.3, 0.4) is 0 Å². The summed E-state index contributed by atoms with van der Waals surface area (Å²) < 4.78 is 13.1. The molecule has 5 N–H and O–H groups in total. The number of furan rings is 2. The van der Waals surface area contributed by atoms with Gasteiger partial charge >= 0.3 is 0 Å². The molecular formula is C62H68N6O2. The van der Waals surface area contributed by atoms with E-state index in [0.29, 0.717) is 6.54 Å². The maximum Gasteiger partial charge on any atom is 0.137 e. The van der Waals surface area contributed by atoms with Gasteiger partial charge in [0.05, 0.1) is 33.8 Å². The van der Waals surface area contributed by atoms with Gasteiger partial charge < -0.3 is 29.5 Å². The number of nitrogens with two attached hydrogens (primary N) is 1. The summed E-state index contributed by atoms with van der Waals surface area (Å²) in [4.78, 5) is 4.73. The van der Waals surface area contributed by atoms with Crippen molar-refractivity contribution in [2.45, 2.75) is 141 Å². The molecule has 0 spiro atoms. The van der Waals surface area contributed by atoms with Crippen LogP contribution in [0.2, 0.25) is 0 Å². The van der Waals surface area contributed by atoms with Crippen molar-refractivity contribution in [3.63, 3.8) is 0 Å². The Morgan fingerprint density at radius 2 is 1.34 bits per heavy atom. The first-order valence-electron chi connectivity index (χ1n) is 25.5. The molecule has 1 saturated carbocycles. The van der Waals surface area contributed by atoms with Crippen molar-refractivity contribution in [1.29, 1.82) is 0 Å². The van der Waals surface area contributed by atoms with Crippen molar-refractivity contribution in [2.24, 2.45) is 5.84 Å². The van der Waals surface area contributed by atoms with Gasteiger partial charge in [0.25, 0.3) is 0 Å². The summed E-state index contributed by atoms with van der Waals surface area (Å²) in [6.45, 7) is 24.2. The van der Waals surface area contributed by atoms with Gasteiger partial charge in [-0.15, -0.1) is 0 Å². The molecular weight excluding hydrogens is 861 g/mol. The predicted molar refractivity (Wildman–Crippen MR) is 291 cm³/mol. The molecule has 5 aliphatic rings. The lowest BCUT2D eigenvalue weighted by Gasteiger charge is -2.53. The molecule has 358 valence electrons. The molecule has 8 heteroatoms. The Morgan fingerprint density at radius 1 is 0.671 bits per heavy atom. The Morgan fingerprint density at radius 3 is 2.07 bits per heavy atom. The number of aryl methyl sites for hydroxylation is 1. The topological polar surface area (TPSA) is 94.9 Å².